The molecule has 0 aliphatic heterocycles. The van der Waals surface area contributed by atoms with Crippen molar-refractivity contribution in [1.82, 2.24) is 14.9 Å². The number of aryl methyl sites for hydroxylation is 1. The molecule has 1 N–H and O–H groups in total. The topological polar surface area (TPSA) is 29.9 Å². The number of aromatic nitrogens is 2. The number of rotatable bonds is 6. The van der Waals surface area contributed by atoms with Gasteiger partial charge in [0, 0.05) is 19.5 Å². The van der Waals surface area contributed by atoms with Crippen LogP contribution in [0.4, 0.5) is 0 Å². The van der Waals surface area contributed by atoms with E-state index in [1.54, 1.807) is 0 Å². The van der Waals surface area contributed by atoms with Crippen LogP contribution in [0.1, 0.15) is 26.1 Å². The number of para-hydroxylation sites is 2. The second-order valence-corrected chi connectivity index (χ2v) is 4.27. The standard InChI is InChI=1S/C14H21N3/c1-3-11-17-13-8-6-5-7-12(13)16-14(17)9-10-15-4-2/h5-8,15H,3-4,9-11H2,1-2H3. The van der Waals surface area contributed by atoms with Gasteiger partial charge in [0.05, 0.1) is 11.0 Å². The van der Waals surface area contributed by atoms with E-state index in [4.69, 9.17) is 4.98 Å². The van der Waals surface area contributed by atoms with Crippen LogP contribution in [0.3, 0.4) is 0 Å². The highest BCUT2D eigenvalue weighted by Gasteiger charge is 2.08. The lowest BCUT2D eigenvalue weighted by Crippen LogP contribution is -2.18. The van der Waals surface area contributed by atoms with E-state index in [1.165, 1.54) is 11.3 Å². The molecular formula is C14H21N3. The van der Waals surface area contributed by atoms with Gasteiger partial charge in [-0.05, 0) is 25.1 Å². The maximum atomic E-state index is 4.73. The van der Waals surface area contributed by atoms with E-state index in [1.807, 2.05) is 0 Å². The smallest absolute Gasteiger partial charge is 0.111 e. The van der Waals surface area contributed by atoms with E-state index in [0.717, 1.165) is 38.0 Å². The Morgan fingerprint density at radius 3 is 2.82 bits per heavy atom. The number of nitrogens with one attached hydrogen (secondary N) is 1. The zero-order chi connectivity index (χ0) is 12.1. The van der Waals surface area contributed by atoms with Crippen LogP contribution in [0.15, 0.2) is 24.3 Å². The quantitative estimate of drug-likeness (QED) is 0.774. The first-order valence-electron chi connectivity index (χ1n) is 6.51. The first kappa shape index (κ1) is 12.1. The molecule has 0 saturated carbocycles. The Kier molecular flexibility index (Phi) is 4.15. The Morgan fingerprint density at radius 1 is 1.24 bits per heavy atom. The van der Waals surface area contributed by atoms with Crippen LogP contribution in [0.2, 0.25) is 0 Å². The first-order valence-corrected chi connectivity index (χ1v) is 6.51. The summed E-state index contributed by atoms with van der Waals surface area (Å²) in [5.41, 5.74) is 2.38. The summed E-state index contributed by atoms with van der Waals surface area (Å²) in [6.45, 7) is 7.43. The molecule has 0 spiro atoms. The molecule has 0 bridgehead atoms. The summed E-state index contributed by atoms with van der Waals surface area (Å²) < 4.78 is 2.35. The SMILES string of the molecule is CCCn1c(CCNCC)nc2ccccc21. The minimum atomic E-state index is 1.00. The molecular weight excluding hydrogens is 210 g/mol. The molecule has 17 heavy (non-hydrogen) atoms. The van der Waals surface area contributed by atoms with Gasteiger partial charge in [-0.1, -0.05) is 26.0 Å². The average molecular weight is 231 g/mol. The summed E-state index contributed by atoms with van der Waals surface area (Å²) in [5.74, 6) is 1.20. The average Bonchev–Trinajstić information content (AvgIpc) is 2.69. The fourth-order valence-corrected chi connectivity index (χ4v) is 2.17. The van der Waals surface area contributed by atoms with Gasteiger partial charge < -0.3 is 9.88 Å². The third-order valence-electron chi connectivity index (χ3n) is 2.96. The maximum absolute atomic E-state index is 4.73. The van der Waals surface area contributed by atoms with Crippen LogP contribution in [-0.4, -0.2) is 22.6 Å². The Labute approximate surface area is 103 Å². The lowest BCUT2D eigenvalue weighted by atomic mass is 10.3. The molecule has 0 amide bonds. The lowest BCUT2D eigenvalue weighted by Gasteiger charge is -2.07. The van der Waals surface area contributed by atoms with Gasteiger partial charge in [0.15, 0.2) is 0 Å². The van der Waals surface area contributed by atoms with Gasteiger partial charge in [-0.3, -0.25) is 0 Å². The molecule has 92 valence electrons. The van der Waals surface area contributed by atoms with Gasteiger partial charge in [-0.15, -0.1) is 0 Å². The molecule has 1 heterocycles. The fraction of sp³-hybridized carbons (Fsp3) is 0.500. The highest BCUT2D eigenvalue weighted by atomic mass is 15.1. The molecule has 0 atom stereocenters. The van der Waals surface area contributed by atoms with Crippen molar-refractivity contribution >= 4 is 11.0 Å². The third kappa shape index (κ3) is 2.67. The van der Waals surface area contributed by atoms with Crippen LogP contribution in [0, 0.1) is 0 Å². The van der Waals surface area contributed by atoms with E-state index >= 15 is 0 Å². The summed E-state index contributed by atoms with van der Waals surface area (Å²) in [4.78, 5) is 4.73. The van der Waals surface area contributed by atoms with Crippen molar-refractivity contribution in [2.75, 3.05) is 13.1 Å². The Hall–Kier alpha value is -1.35. The van der Waals surface area contributed by atoms with Crippen molar-refractivity contribution < 1.29 is 0 Å². The van der Waals surface area contributed by atoms with Crippen molar-refractivity contribution in [2.24, 2.45) is 0 Å². The van der Waals surface area contributed by atoms with Crippen LogP contribution in [0.25, 0.3) is 11.0 Å². The highest BCUT2D eigenvalue weighted by molar-refractivity contribution is 5.75. The van der Waals surface area contributed by atoms with Crippen LogP contribution in [-0.2, 0) is 13.0 Å². The summed E-state index contributed by atoms with van der Waals surface area (Å²) in [7, 11) is 0. The Morgan fingerprint density at radius 2 is 2.06 bits per heavy atom. The van der Waals surface area contributed by atoms with Crippen LogP contribution in [0.5, 0.6) is 0 Å². The van der Waals surface area contributed by atoms with Gasteiger partial charge in [0.25, 0.3) is 0 Å². The predicted octanol–water partition coefficient (Wildman–Crippen LogP) is 2.60. The van der Waals surface area contributed by atoms with Crippen molar-refractivity contribution in [1.29, 1.82) is 0 Å². The molecule has 2 rings (SSSR count). The van der Waals surface area contributed by atoms with E-state index in [2.05, 4.69) is 48.0 Å². The van der Waals surface area contributed by atoms with Gasteiger partial charge in [-0.2, -0.15) is 0 Å². The van der Waals surface area contributed by atoms with E-state index in [0.29, 0.717) is 0 Å². The summed E-state index contributed by atoms with van der Waals surface area (Å²) in [5, 5.41) is 3.36. The number of hydrogen-bond acceptors (Lipinski definition) is 2. The molecule has 3 nitrogen and oxygen atoms in total. The van der Waals surface area contributed by atoms with Crippen LogP contribution < -0.4 is 5.32 Å². The van der Waals surface area contributed by atoms with Crippen molar-refractivity contribution in [2.45, 2.75) is 33.2 Å². The number of hydrogen-bond donors (Lipinski definition) is 1. The molecule has 0 aliphatic rings. The fourth-order valence-electron chi connectivity index (χ4n) is 2.17. The van der Waals surface area contributed by atoms with Crippen molar-refractivity contribution in [3.8, 4) is 0 Å². The molecule has 2 aromatic rings. The highest BCUT2D eigenvalue weighted by Crippen LogP contribution is 2.16. The first-order chi connectivity index (χ1) is 8.36. The Bertz CT molecular complexity index is 473. The number of fused-ring (bicyclic) bond motifs is 1. The minimum Gasteiger partial charge on any atom is -0.328 e. The molecule has 0 unspecified atom stereocenters. The number of nitrogens with zero attached hydrogens (tertiary/aromatic N) is 2. The van der Waals surface area contributed by atoms with Crippen molar-refractivity contribution in [3.63, 3.8) is 0 Å². The van der Waals surface area contributed by atoms with E-state index in [-0.39, 0.29) is 0 Å². The number of benzene rings is 1. The zero-order valence-electron chi connectivity index (χ0n) is 10.7. The van der Waals surface area contributed by atoms with Gasteiger partial charge in [-0.25, -0.2) is 4.98 Å². The molecule has 0 aliphatic carbocycles. The molecule has 0 saturated heterocycles. The van der Waals surface area contributed by atoms with E-state index in [9.17, 15) is 0 Å². The van der Waals surface area contributed by atoms with Crippen molar-refractivity contribution in [3.05, 3.63) is 30.1 Å². The summed E-state index contributed by atoms with van der Waals surface area (Å²) in [6, 6.07) is 8.40. The Balaban J connectivity index is 2.29. The number of likely N-dealkylation sites (N-methyl/N-ethyl adjacent to an activating group) is 1. The molecule has 3 heteroatoms. The third-order valence-corrected chi connectivity index (χ3v) is 2.96. The summed E-state index contributed by atoms with van der Waals surface area (Å²) >= 11 is 0. The second kappa shape index (κ2) is 5.82. The second-order valence-electron chi connectivity index (χ2n) is 4.27. The maximum Gasteiger partial charge on any atom is 0.111 e. The normalized spacial score (nSPS) is 11.2. The zero-order valence-corrected chi connectivity index (χ0v) is 10.7. The predicted molar refractivity (Wildman–Crippen MR) is 72.3 cm³/mol. The molecule has 1 aromatic heterocycles. The molecule has 1 aromatic carbocycles. The lowest BCUT2D eigenvalue weighted by molar-refractivity contribution is 0.625. The van der Waals surface area contributed by atoms with Gasteiger partial charge in [0.1, 0.15) is 5.82 Å². The van der Waals surface area contributed by atoms with Crippen LogP contribution >= 0.6 is 0 Å². The van der Waals surface area contributed by atoms with Gasteiger partial charge in [0.2, 0.25) is 0 Å². The minimum absolute atomic E-state index is 1.00. The molecule has 0 radical (unpaired) electrons. The monoisotopic (exact) mass is 231 g/mol. The van der Waals surface area contributed by atoms with Gasteiger partial charge >= 0.3 is 0 Å². The largest absolute Gasteiger partial charge is 0.328 e. The number of imidazole rings is 1. The summed E-state index contributed by atoms with van der Waals surface area (Å²) in [6.07, 6.45) is 2.15. The molecule has 0 fully saturated rings. The van der Waals surface area contributed by atoms with E-state index < -0.39 is 0 Å².